The molecule has 0 aliphatic carbocycles. The smallest absolute Gasteiger partial charge is 0.272 e. The van der Waals surface area contributed by atoms with E-state index in [9.17, 15) is 18.0 Å². The molecule has 1 unspecified atom stereocenters. The highest BCUT2D eigenvalue weighted by Crippen LogP contribution is 2.20. The molecule has 10 heteroatoms. The SMILES string of the molecule is CCN(C(=O)c1ccnc(N2CCN(C=O)CC2)n1)C1CCS(=O)(=O)C1. The van der Waals surface area contributed by atoms with Crippen molar-refractivity contribution >= 4 is 28.1 Å². The van der Waals surface area contributed by atoms with Crippen molar-refractivity contribution in [2.75, 3.05) is 49.1 Å². The molecule has 26 heavy (non-hydrogen) atoms. The summed E-state index contributed by atoms with van der Waals surface area (Å²) in [5.74, 6) is 0.316. The Bertz CT molecular complexity index is 777. The summed E-state index contributed by atoms with van der Waals surface area (Å²) in [4.78, 5) is 37.5. The minimum Gasteiger partial charge on any atom is -0.342 e. The topological polar surface area (TPSA) is 104 Å². The second-order valence-electron chi connectivity index (χ2n) is 6.52. The molecular weight excluding hydrogens is 358 g/mol. The minimum atomic E-state index is -3.07. The summed E-state index contributed by atoms with van der Waals surface area (Å²) in [6.07, 6.45) is 2.83. The standard InChI is InChI=1S/C16H23N5O4S/c1-2-21(13-4-10-26(24,25)11-13)15(23)14-3-5-17-16(18-14)20-8-6-19(12-22)7-9-20/h3,5,12-13H,2,4,6-11H2,1H3. The first-order chi connectivity index (χ1) is 12.4. The fraction of sp³-hybridized carbons (Fsp3) is 0.625. The highest BCUT2D eigenvalue weighted by Gasteiger charge is 2.34. The first-order valence-corrected chi connectivity index (χ1v) is 10.5. The first kappa shape index (κ1) is 18.6. The van der Waals surface area contributed by atoms with Crippen molar-refractivity contribution in [1.29, 1.82) is 0 Å². The molecule has 2 aliphatic rings. The van der Waals surface area contributed by atoms with Gasteiger partial charge in [0.05, 0.1) is 11.5 Å². The summed E-state index contributed by atoms with van der Waals surface area (Å²) < 4.78 is 23.5. The Morgan fingerprint density at radius 2 is 2.08 bits per heavy atom. The average Bonchev–Trinajstić information content (AvgIpc) is 3.02. The van der Waals surface area contributed by atoms with Gasteiger partial charge in [-0.25, -0.2) is 18.4 Å². The average molecular weight is 381 g/mol. The van der Waals surface area contributed by atoms with Crippen molar-refractivity contribution in [3.63, 3.8) is 0 Å². The van der Waals surface area contributed by atoms with Crippen LogP contribution in [0, 0.1) is 0 Å². The summed E-state index contributed by atoms with van der Waals surface area (Å²) in [5, 5.41) is 0. The number of amides is 2. The molecule has 2 amide bonds. The van der Waals surface area contributed by atoms with Gasteiger partial charge in [0.2, 0.25) is 12.4 Å². The lowest BCUT2D eigenvalue weighted by Crippen LogP contribution is -2.46. The zero-order valence-electron chi connectivity index (χ0n) is 14.7. The summed E-state index contributed by atoms with van der Waals surface area (Å²) in [7, 11) is -3.07. The van der Waals surface area contributed by atoms with E-state index < -0.39 is 9.84 Å². The summed E-state index contributed by atoms with van der Waals surface area (Å²) in [6, 6.07) is 1.26. The minimum absolute atomic E-state index is 0.0121. The van der Waals surface area contributed by atoms with Gasteiger partial charge in [0.25, 0.3) is 5.91 Å². The van der Waals surface area contributed by atoms with Crippen LogP contribution in [0.25, 0.3) is 0 Å². The Morgan fingerprint density at radius 3 is 2.65 bits per heavy atom. The van der Waals surface area contributed by atoms with E-state index in [1.807, 2.05) is 11.8 Å². The van der Waals surface area contributed by atoms with Crippen molar-refractivity contribution in [3.05, 3.63) is 18.0 Å². The molecule has 1 aromatic rings. The molecule has 2 aliphatic heterocycles. The predicted molar refractivity (Wildman–Crippen MR) is 95.7 cm³/mol. The van der Waals surface area contributed by atoms with Crippen LogP contribution in [0.5, 0.6) is 0 Å². The van der Waals surface area contributed by atoms with E-state index in [2.05, 4.69) is 9.97 Å². The first-order valence-electron chi connectivity index (χ1n) is 8.72. The summed E-state index contributed by atoms with van der Waals surface area (Å²) in [6.45, 7) is 4.65. The van der Waals surface area contributed by atoms with Crippen LogP contribution < -0.4 is 4.90 Å². The molecule has 1 atom stereocenters. The van der Waals surface area contributed by atoms with E-state index >= 15 is 0 Å². The molecular formula is C16H23N5O4S. The molecule has 2 fully saturated rings. The van der Waals surface area contributed by atoms with Gasteiger partial charge >= 0.3 is 0 Å². The van der Waals surface area contributed by atoms with E-state index in [-0.39, 0.29) is 29.1 Å². The normalized spacial score (nSPS) is 22.3. The third-order valence-electron chi connectivity index (χ3n) is 4.86. The number of hydrogen-bond donors (Lipinski definition) is 0. The summed E-state index contributed by atoms with van der Waals surface area (Å²) in [5.41, 5.74) is 0.263. The second kappa shape index (κ2) is 7.56. The third-order valence-corrected chi connectivity index (χ3v) is 6.61. The number of nitrogens with zero attached hydrogens (tertiary/aromatic N) is 5. The quantitative estimate of drug-likeness (QED) is 0.628. The van der Waals surface area contributed by atoms with Gasteiger partial charge in [-0.2, -0.15) is 0 Å². The largest absolute Gasteiger partial charge is 0.342 e. The molecule has 3 heterocycles. The number of piperazine rings is 1. The van der Waals surface area contributed by atoms with Gasteiger partial charge < -0.3 is 14.7 Å². The number of sulfone groups is 1. The zero-order chi connectivity index (χ0) is 18.7. The molecule has 3 rings (SSSR count). The van der Waals surface area contributed by atoms with Crippen LogP contribution in [0.2, 0.25) is 0 Å². The van der Waals surface area contributed by atoms with Crippen molar-refractivity contribution in [2.24, 2.45) is 0 Å². The highest BCUT2D eigenvalue weighted by atomic mass is 32.2. The van der Waals surface area contributed by atoms with E-state index in [1.54, 1.807) is 22.1 Å². The van der Waals surface area contributed by atoms with Crippen LogP contribution in [-0.4, -0.2) is 90.8 Å². The van der Waals surface area contributed by atoms with E-state index in [1.165, 1.54) is 0 Å². The van der Waals surface area contributed by atoms with Gasteiger partial charge in [-0.05, 0) is 19.4 Å². The van der Waals surface area contributed by atoms with E-state index in [0.29, 0.717) is 45.1 Å². The molecule has 0 bridgehead atoms. The number of rotatable bonds is 5. The summed E-state index contributed by atoms with van der Waals surface area (Å²) >= 11 is 0. The Labute approximate surface area is 152 Å². The van der Waals surface area contributed by atoms with Gasteiger partial charge in [-0.15, -0.1) is 0 Å². The van der Waals surface area contributed by atoms with E-state index in [4.69, 9.17) is 0 Å². The highest BCUT2D eigenvalue weighted by molar-refractivity contribution is 7.91. The second-order valence-corrected chi connectivity index (χ2v) is 8.75. The van der Waals surface area contributed by atoms with Crippen LogP contribution in [-0.2, 0) is 14.6 Å². The number of anilines is 1. The van der Waals surface area contributed by atoms with Crippen LogP contribution in [0.3, 0.4) is 0 Å². The van der Waals surface area contributed by atoms with Crippen LogP contribution in [0.1, 0.15) is 23.8 Å². The maximum atomic E-state index is 12.9. The van der Waals surface area contributed by atoms with Crippen molar-refractivity contribution in [2.45, 2.75) is 19.4 Å². The molecule has 0 radical (unpaired) electrons. The zero-order valence-corrected chi connectivity index (χ0v) is 15.6. The Morgan fingerprint density at radius 1 is 1.35 bits per heavy atom. The number of carbonyl (C=O) groups is 2. The monoisotopic (exact) mass is 381 g/mol. The third kappa shape index (κ3) is 3.95. The number of hydrogen-bond acceptors (Lipinski definition) is 7. The maximum absolute atomic E-state index is 12.9. The van der Waals surface area contributed by atoms with Gasteiger partial charge in [-0.3, -0.25) is 9.59 Å². The van der Waals surface area contributed by atoms with Gasteiger partial charge in [0.15, 0.2) is 9.84 Å². The number of carbonyl (C=O) groups excluding carboxylic acids is 2. The van der Waals surface area contributed by atoms with Crippen molar-refractivity contribution in [3.8, 4) is 0 Å². The maximum Gasteiger partial charge on any atom is 0.272 e. The van der Waals surface area contributed by atoms with Crippen molar-refractivity contribution < 1.29 is 18.0 Å². The Kier molecular flexibility index (Phi) is 5.40. The molecule has 0 aromatic carbocycles. The lowest BCUT2D eigenvalue weighted by Gasteiger charge is -2.32. The fourth-order valence-corrected chi connectivity index (χ4v) is 5.11. The van der Waals surface area contributed by atoms with E-state index in [0.717, 1.165) is 6.41 Å². The molecule has 0 N–H and O–H groups in total. The molecule has 142 valence electrons. The predicted octanol–water partition coefficient (Wildman–Crippen LogP) is -0.596. The van der Waals surface area contributed by atoms with Gasteiger partial charge in [0, 0.05) is 45.0 Å². The molecule has 0 saturated carbocycles. The molecule has 2 saturated heterocycles. The van der Waals surface area contributed by atoms with Crippen LogP contribution >= 0.6 is 0 Å². The van der Waals surface area contributed by atoms with Crippen LogP contribution in [0.15, 0.2) is 12.3 Å². The van der Waals surface area contributed by atoms with Crippen LogP contribution in [0.4, 0.5) is 5.95 Å². The Balaban J connectivity index is 1.74. The van der Waals surface area contributed by atoms with Crippen molar-refractivity contribution in [1.82, 2.24) is 19.8 Å². The van der Waals surface area contributed by atoms with Gasteiger partial charge in [0.1, 0.15) is 5.69 Å². The lowest BCUT2D eigenvalue weighted by atomic mass is 10.2. The molecule has 9 nitrogen and oxygen atoms in total. The fourth-order valence-electron chi connectivity index (χ4n) is 3.38. The number of aromatic nitrogens is 2. The van der Waals surface area contributed by atoms with Gasteiger partial charge in [-0.1, -0.05) is 0 Å². The Hall–Kier alpha value is -2.23. The molecule has 1 aromatic heterocycles. The molecule has 0 spiro atoms. The lowest BCUT2D eigenvalue weighted by molar-refractivity contribution is -0.118.